The first kappa shape index (κ1) is 6.37. The first-order chi connectivity index (χ1) is 2.00. The van der Waals surface area contributed by atoms with Crippen molar-refractivity contribution < 1.29 is 4.20 Å². The third-order valence-electron chi connectivity index (χ3n) is 0. The molecule has 0 aliphatic rings. The summed E-state index contributed by atoms with van der Waals surface area (Å²) in [5.41, 5.74) is 0. The van der Waals surface area contributed by atoms with Gasteiger partial charge in [0.15, 0.2) is 22.5 Å². The van der Waals surface area contributed by atoms with Gasteiger partial charge in [0.05, 0.1) is 0 Å². The number of hydrogen-bond donors (Lipinski definition) is 0. The van der Waals surface area contributed by atoms with Crippen LogP contribution in [0.15, 0.2) is 0 Å². The maximum atomic E-state index is 11.3. The van der Waals surface area contributed by atoms with Crippen LogP contribution in [0.3, 0.4) is 0 Å². The van der Waals surface area contributed by atoms with Gasteiger partial charge in [-0.2, -0.15) is 0 Å². The zero-order chi connectivity index (χ0) is 4.50. The Kier molecular flexibility index (Phi) is 2.41. The van der Waals surface area contributed by atoms with E-state index >= 15 is 0 Å². The van der Waals surface area contributed by atoms with Gasteiger partial charge in [0.1, 0.15) is 8.93 Å². The monoisotopic (exact) mass is 153 g/mol. The fourth-order valence-electron chi connectivity index (χ4n) is 0. The topological polar surface area (TPSA) is 0 Å². The molecule has 0 N–H and O–H groups in total. The van der Waals surface area contributed by atoms with Gasteiger partial charge in [0, 0.05) is 0 Å². The van der Waals surface area contributed by atoms with Crippen molar-refractivity contribution in [2.24, 2.45) is 0 Å². The summed E-state index contributed by atoms with van der Waals surface area (Å²) in [7, 11) is 1.69. The minimum atomic E-state index is -3.03. The van der Waals surface area contributed by atoms with Gasteiger partial charge in [-0.3, -0.25) is 0 Å². The van der Waals surface area contributed by atoms with Crippen LogP contribution in [0.2, 0.25) is 0 Å². The van der Waals surface area contributed by atoms with E-state index in [0.717, 1.165) is 0 Å². The second-order valence-corrected chi connectivity index (χ2v) is 9.02. The van der Waals surface area contributed by atoms with Gasteiger partial charge < -0.3 is 0 Å². The summed E-state index contributed by atoms with van der Waals surface area (Å²) in [6.45, 7) is 0. The zero-order valence-corrected chi connectivity index (χ0v) is 5.72. The molecule has 32 valence electrons. The molecule has 0 radical (unpaired) electrons. The van der Waals surface area contributed by atoms with Crippen molar-refractivity contribution in [3.8, 4) is 0 Å². The molecule has 5 heteroatoms. The van der Waals surface area contributed by atoms with E-state index in [1.54, 1.807) is 8.93 Å². The van der Waals surface area contributed by atoms with Gasteiger partial charge in [-0.05, 0) is 4.20 Å². The fraction of sp³-hybridized carbons (Fsp3) is 0. The summed E-state index contributed by atoms with van der Waals surface area (Å²) in [4.78, 5) is 0. The number of rotatable bonds is 0. The summed E-state index contributed by atoms with van der Waals surface area (Å²) < 4.78 is 11.3. The van der Waals surface area contributed by atoms with Gasteiger partial charge in [-0.25, -0.2) is 0 Å². The molecule has 0 heterocycles. The highest BCUT2D eigenvalue weighted by Gasteiger charge is 2.26. The zero-order valence-electron chi connectivity index (χ0n) is 2.16. The van der Waals surface area contributed by atoms with Crippen LogP contribution >= 0.6 is 37.4 Å². The molecule has 0 rings (SSSR count). The minimum Gasteiger partial charge on any atom is -0.0218 e. The molecule has 0 aromatic heterocycles. The van der Waals surface area contributed by atoms with Gasteiger partial charge >= 0.3 is 5.97 Å². The molecular weight excluding hydrogens is 152 g/mol. The molecule has 0 saturated carbocycles. The van der Waals surface area contributed by atoms with Crippen molar-refractivity contribution in [3.05, 3.63) is 0 Å². The molecule has 0 aliphatic heterocycles. The van der Waals surface area contributed by atoms with Crippen molar-refractivity contribution in [3.63, 3.8) is 0 Å². The maximum absolute atomic E-state index is 11.3. The van der Waals surface area contributed by atoms with E-state index in [1.165, 1.54) is 0 Å². The van der Waals surface area contributed by atoms with Crippen LogP contribution in [0.4, 0.5) is 4.20 Å². The van der Waals surface area contributed by atoms with Crippen LogP contribution in [0.5, 0.6) is 0 Å². The molecule has 0 saturated heterocycles. The molecule has 5 heavy (non-hydrogen) atoms. The van der Waals surface area contributed by atoms with Crippen LogP contribution in [0, 0.1) is 0 Å². The summed E-state index contributed by atoms with van der Waals surface area (Å²) >= 11 is 9.41. The largest absolute Gasteiger partial charge is 0.404 e. The lowest BCUT2D eigenvalue weighted by atomic mass is 18.9. The Labute approximate surface area is 42.2 Å². The summed E-state index contributed by atoms with van der Waals surface area (Å²) in [6.07, 6.45) is 0. The van der Waals surface area contributed by atoms with Gasteiger partial charge in [0.25, 0.3) is 0 Å². The normalized spacial score (nSPS) is 12.0. The highest BCUT2D eigenvalue weighted by Crippen LogP contribution is 2.77. The first-order valence-electron chi connectivity index (χ1n) is 0.765. The van der Waals surface area contributed by atoms with Crippen LogP contribution < -0.4 is 0 Å². The fourth-order valence-corrected chi connectivity index (χ4v) is 0. The Morgan fingerprint density at radius 2 is 1.60 bits per heavy atom. The average Bonchev–Trinajstić information content (AvgIpc) is 0.722. The second kappa shape index (κ2) is 1.89. The number of halogens is 3. The second-order valence-electron chi connectivity index (χ2n) is 0.484. The molecule has 0 bridgehead atoms. The molecule has 0 aromatic carbocycles. The van der Waals surface area contributed by atoms with E-state index < -0.39 is 5.97 Å². The molecule has 0 amide bonds. The lowest BCUT2D eigenvalue weighted by Crippen LogP contribution is -1.24. The predicted molar refractivity (Wildman–Crippen MR) is 29.4 cm³/mol. The van der Waals surface area contributed by atoms with Crippen LogP contribution in [-0.4, -0.2) is 0 Å². The Morgan fingerprint density at radius 1 is 1.60 bits per heavy atom. The van der Waals surface area contributed by atoms with E-state index in [4.69, 9.17) is 22.5 Å². The third kappa shape index (κ3) is 32.5. The van der Waals surface area contributed by atoms with Crippen molar-refractivity contribution in [2.45, 2.75) is 0 Å². The SMILES string of the molecule is F[P+](P)(Cl)Cl. The highest BCUT2D eigenvalue weighted by molar-refractivity contribution is 8.47. The van der Waals surface area contributed by atoms with Gasteiger partial charge in [-0.1, -0.05) is 0 Å². The molecule has 0 nitrogen and oxygen atoms in total. The van der Waals surface area contributed by atoms with E-state index in [9.17, 15) is 4.20 Å². The summed E-state index contributed by atoms with van der Waals surface area (Å²) in [6, 6.07) is 0. The average molecular weight is 154 g/mol. The van der Waals surface area contributed by atoms with E-state index in [2.05, 4.69) is 0 Å². The van der Waals surface area contributed by atoms with E-state index in [0.29, 0.717) is 0 Å². The first-order valence-corrected chi connectivity index (χ1v) is 5.87. The molecule has 0 aromatic rings. The summed E-state index contributed by atoms with van der Waals surface area (Å²) in [5.74, 6) is -3.03. The lowest BCUT2D eigenvalue weighted by Gasteiger charge is -1.76. The quantitative estimate of drug-likeness (QED) is 0.470. The van der Waals surface area contributed by atoms with Gasteiger partial charge in [-0.15, -0.1) is 0 Å². The lowest BCUT2D eigenvalue weighted by molar-refractivity contribution is 0.924. The summed E-state index contributed by atoms with van der Waals surface area (Å²) in [5, 5.41) is 0. The van der Waals surface area contributed by atoms with Crippen molar-refractivity contribution in [1.82, 2.24) is 0 Å². The Hall–Kier alpha value is 1.37. The molecule has 0 aliphatic carbocycles. The maximum Gasteiger partial charge on any atom is 0.404 e. The van der Waals surface area contributed by atoms with Gasteiger partial charge in [0.2, 0.25) is 0 Å². The highest BCUT2D eigenvalue weighted by atomic mass is 35.9. The van der Waals surface area contributed by atoms with Crippen LogP contribution in [0.25, 0.3) is 0 Å². The molecule has 0 fully saturated rings. The smallest absolute Gasteiger partial charge is 0.0218 e. The Balaban J connectivity index is 3.02. The molecular formula is H2Cl2FP2+. The number of hydrogen-bond acceptors (Lipinski definition) is 0. The Morgan fingerprint density at radius 3 is 1.60 bits per heavy atom. The van der Waals surface area contributed by atoms with Crippen LogP contribution in [0.1, 0.15) is 0 Å². The minimum absolute atomic E-state index is 1.69. The molecule has 1 atom stereocenters. The van der Waals surface area contributed by atoms with Crippen molar-refractivity contribution >= 4 is 37.4 Å². The van der Waals surface area contributed by atoms with Crippen LogP contribution in [-0.2, 0) is 0 Å². The Bertz CT molecular complexity index is 23.1. The van der Waals surface area contributed by atoms with Crippen molar-refractivity contribution in [2.75, 3.05) is 0 Å². The van der Waals surface area contributed by atoms with Crippen molar-refractivity contribution in [1.29, 1.82) is 0 Å². The predicted octanol–water partition coefficient (Wildman–Crippen LogP) is 2.99. The molecule has 0 spiro atoms. The third-order valence-corrected chi connectivity index (χ3v) is 0. The van der Waals surface area contributed by atoms with E-state index in [1.807, 2.05) is 0 Å². The standard InChI is InChI=1S/Cl2FH2P2/c1-5(2,3)4/h4H2/q+1. The van der Waals surface area contributed by atoms with E-state index in [-0.39, 0.29) is 0 Å². The molecule has 1 unspecified atom stereocenters.